The largest absolute Gasteiger partial charge is 0.356 e. The van der Waals surface area contributed by atoms with E-state index in [2.05, 4.69) is 117 Å². The molecule has 1 N–H and O–H groups in total. The second-order valence-corrected chi connectivity index (χ2v) is 8.50. The minimum absolute atomic E-state index is 0.0264. The maximum absolute atomic E-state index is 3.59. The summed E-state index contributed by atoms with van der Waals surface area (Å²) in [5.41, 5.74) is 11.6. The molecule has 1 aliphatic carbocycles. The molecule has 0 aliphatic heterocycles. The van der Waals surface area contributed by atoms with Crippen molar-refractivity contribution in [3.05, 3.63) is 108 Å². The zero-order valence-electron chi connectivity index (χ0n) is 17.2. The highest BCUT2D eigenvalue weighted by molar-refractivity contribution is 5.83. The lowest BCUT2D eigenvalue weighted by Gasteiger charge is -2.22. The highest BCUT2D eigenvalue weighted by Gasteiger charge is 2.35. The molecule has 0 spiro atoms. The van der Waals surface area contributed by atoms with Crippen molar-refractivity contribution in [1.29, 1.82) is 0 Å². The van der Waals surface area contributed by atoms with Gasteiger partial charge in [-0.3, -0.25) is 0 Å². The Bertz CT molecular complexity index is 1200. The molecule has 29 heavy (non-hydrogen) atoms. The Morgan fingerprint density at radius 1 is 0.586 bits per heavy atom. The highest BCUT2D eigenvalue weighted by Crippen LogP contribution is 2.49. The minimum atomic E-state index is 0.0264. The molecule has 0 fully saturated rings. The van der Waals surface area contributed by atoms with Crippen LogP contribution in [0.1, 0.15) is 30.5 Å². The average Bonchev–Trinajstić information content (AvgIpc) is 2.96. The molecule has 0 aromatic heterocycles. The van der Waals surface area contributed by atoms with Crippen LogP contribution in [0.2, 0.25) is 0 Å². The van der Waals surface area contributed by atoms with Crippen LogP contribution in [0.5, 0.6) is 0 Å². The Morgan fingerprint density at radius 2 is 1.31 bits per heavy atom. The molecule has 0 heterocycles. The van der Waals surface area contributed by atoms with Crippen LogP contribution in [0.25, 0.3) is 22.3 Å². The van der Waals surface area contributed by atoms with Crippen LogP contribution < -0.4 is 5.32 Å². The third-order valence-corrected chi connectivity index (χ3v) is 6.11. The summed E-state index contributed by atoms with van der Waals surface area (Å²) in [5.74, 6) is 0. The molecule has 5 rings (SSSR count). The van der Waals surface area contributed by atoms with Crippen molar-refractivity contribution in [2.24, 2.45) is 0 Å². The summed E-state index contributed by atoms with van der Waals surface area (Å²) in [5, 5.41) is 3.59. The lowest BCUT2D eigenvalue weighted by atomic mass is 9.82. The van der Waals surface area contributed by atoms with Gasteiger partial charge in [-0.1, -0.05) is 86.1 Å². The van der Waals surface area contributed by atoms with Crippen LogP contribution in [-0.2, 0) is 5.41 Å². The fraction of sp³-hybridized carbons (Fsp3) is 0.143. The molecule has 0 atom stereocenters. The van der Waals surface area contributed by atoms with Gasteiger partial charge >= 0.3 is 0 Å². The van der Waals surface area contributed by atoms with Crippen LogP contribution in [0.4, 0.5) is 11.4 Å². The van der Waals surface area contributed by atoms with E-state index in [-0.39, 0.29) is 5.41 Å². The molecular weight excluding hydrogens is 350 g/mol. The molecule has 1 nitrogen and oxygen atoms in total. The van der Waals surface area contributed by atoms with E-state index in [0.717, 1.165) is 11.4 Å². The first-order valence-corrected chi connectivity index (χ1v) is 10.2. The average molecular weight is 376 g/mol. The molecule has 0 saturated heterocycles. The van der Waals surface area contributed by atoms with E-state index in [1.165, 1.54) is 38.9 Å². The minimum Gasteiger partial charge on any atom is -0.356 e. The van der Waals surface area contributed by atoms with E-state index in [1.54, 1.807) is 0 Å². The topological polar surface area (TPSA) is 12.0 Å². The number of rotatable bonds is 3. The number of fused-ring (bicyclic) bond motifs is 3. The molecule has 0 amide bonds. The first-order valence-electron chi connectivity index (χ1n) is 10.2. The van der Waals surface area contributed by atoms with Gasteiger partial charge in [0, 0.05) is 16.8 Å². The van der Waals surface area contributed by atoms with Gasteiger partial charge in [0.25, 0.3) is 0 Å². The number of aryl methyl sites for hydroxylation is 1. The maximum atomic E-state index is 3.59. The van der Waals surface area contributed by atoms with Gasteiger partial charge in [0.05, 0.1) is 0 Å². The summed E-state index contributed by atoms with van der Waals surface area (Å²) < 4.78 is 0. The molecule has 4 aromatic carbocycles. The van der Waals surface area contributed by atoms with Crippen LogP contribution in [0.3, 0.4) is 0 Å². The van der Waals surface area contributed by atoms with Crippen molar-refractivity contribution in [2.45, 2.75) is 26.2 Å². The standard InChI is InChI=1S/C28H25N/c1-19-7-6-8-21(17-19)20-11-13-22(14-12-20)29-23-15-16-25-24-9-4-5-10-26(24)28(2,3)27(25)18-23/h4-18,29H,1-3H3. The lowest BCUT2D eigenvalue weighted by molar-refractivity contribution is 0.660. The van der Waals surface area contributed by atoms with Crippen LogP contribution in [0.15, 0.2) is 91.0 Å². The number of nitrogens with one attached hydrogen (secondary N) is 1. The predicted octanol–water partition coefficient (Wildman–Crippen LogP) is 7.71. The zero-order valence-corrected chi connectivity index (χ0v) is 17.2. The monoisotopic (exact) mass is 375 g/mol. The third-order valence-electron chi connectivity index (χ3n) is 6.11. The molecule has 4 aromatic rings. The number of hydrogen-bond acceptors (Lipinski definition) is 1. The highest BCUT2D eigenvalue weighted by atomic mass is 14.9. The molecule has 0 radical (unpaired) electrons. The van der Waals surface area contributed by atoms with Gasteiger partial charge in [0.2, 0.25) is 0 Å². The van der Waals surface area contributed by atoms with Gasteiger partial charge in [0.15, 0.2) is 0 Å². The normalized spacial score (nSPS) is 13.6. The van der Waals surface area contributed by atoms with Gasteiger partial charge in [-0.2, -0.15) is 0 Å². The first-order chi connectivity index (χ1) is 14.0. The summed E-state index contributed by atoms with van der Waals surface area (Å²) in [4.78, 5) is 0. The molecule has 0 saturated carbocycles. The predicted molar refractivity (Wildman–Crippen MR) is 124 cm³/mol. The van der Waals surface area contributed by atoms with Crippen LogP contribution in [-0.4, -0.2) is 0 Å². The quantitative estimate of drug-likeness (QED) is 0.386. The second-order valence-electron chi connectivity index (χ2n) is 8.50. The Morgan fingerprint density at radius 3 is 2.10 bits per heavy atom. The zero-order chi connectivity index (χ0) is 20.0. The van der Waals surface area contributed by atoms with Crippen molar-refractivity contribution >= 4 is 11.4 Å². The number of benzene rings is 4. The summed E-state index contributed by atoms with van der Waals surface area (Å²) in [6.07, 6.45) is 0. The van der Waals surface area contributed by atoms with E-state index in [9.17, 15) is 0 Å². The van der Waals surface area contributed by atoms with E-state index < -0.39 is 0 Å². The summed E-state index contributed by atoms with van der Waals surface area (Å²) in [6.45, 7) is 6.77. The molecule has 1 heteroatoms. The van der Waals surface area contributed by atoms with Crippen molar-refractivity contribution in [1.82, 2.24) is 0 Å². The Labute approximate surface area is 173 Å². The smallest absolute Gasteiger partial charge is 0.0387 e. The van der Waals surface area contributed by atoms with E-state index >= 15 is 0 Å². The molecule has 0 bridgehead atoms. The van der Waals surface area contributed by atoms with E-state index in [4.69, 9.17) is 0 Å². The summed E-state index contributed by atoms with van der Waals surface area (Å²) in [6, 6.07) is 32.8. The fourth-order valence-electron chi connectivity index (χ4n) is 4.52. The Kier molecular flexibility index (Phi) is 4.06. The van der Waals surface area contributed by atoms with Crippen LogP contribution in [0, 0.1) is 6.92 Å². The van der Waals surface area contributed by atoms with Crippen molar-refractivity contribution in [3.8, 4) is 22.3 Å². The van der Waals surface area contributed by atoms with Gasteiger partial charge in [-0.25, -0.2) is 0 Å². The van der Waals surface area contributed by atoms with E-state index in [1.807, 2.05) is 0 Å². The first kappa shape index (κ1) is 17.8. The van der Waals surface area contributed by atoms with Gasteiger partial charge in [0.1, 0.15) is 0 Å². The Hall–Kier alpha value is -3.32. The lowest BCUT2D eigenvalue weighted by Crippen LogP contribution is -2.15. The van der Waals surface area contributed by atoms with Crippen LogP contribution >= 0.6 is 0 Å². The molecular formula is C28H25N. The van der Waals surface area contributed by atoms with E-state index in [0.29, 0.717) is 0 Å². The van der Waals surface area contributed by atoms with Crippen molar-refractivity contribution < 1.29 is 0 Å². The second kappa shape index (κ2) is 6.63. The molecule has 1 aliphatic rings. The fourth-order valence-corrected chi connectivity index (χ4v) is 4.52. The van der Waals surface area contributed by atoms with Crippen molar-refractivity contribution in [3.63, 3.8) is 0 Å². The van der Waals surface area contributed by atoms with Gasteiger partial charge < -0.3 is 5.32 Å². The maximum Gasteiger partial charge on any atom is 0.0387 e. The molecule has 142 valence electrons. The molecule has 0 unspecified atom stereocenters. The summed E-state index contributed by atoms with van der Waals surface area (Å²) >= 11 is 0. The van der Waals surface area contributed by atoms with Crippen molar-refractivity contribution in [2.75, 3.05) is 5.32 Å². The third kappa shape index (κ3) is 3.03. The number of hydrogen-bond donors (Lipinski definition) is 1. The SMILES string of the molecule is Cc1cccc(-c2ccc(Nc3ccc4c(c3)C(C)(C)c3ccccc3-4)cc2)c1. The Balaban J connectivity index is 1.43. The summed E-state index contributed by atoms with van der Waals surface area (Å²) in [7, 11) is 0. The number of anilines is 2. The van der Waals surface area contributed by atoms with Gasteiger partial charge in [-0.15, -0.1) is 0 Å². The van der Waals surface area contributed by atoms with Gasteiger partial charge in [-0.05, 0) is 64.6 Å².